The van der Waals surface area contributed by atoms with Crippen LogP contribution in [0.15, 0.2) is 52.1 Å². The number of nitrogens with one attached hydrogen (secondary N) is 1. The monoisotopic (exact) mass is 289 g/mol. The molecule has 1 aromatic carbocycles. The van der Waals surface area contributed by atoms with Crippen molar-refractivity contribution in [1.29, 1.82) is 0 Å². The molecular weight excluding hydrogens is 282 g/mol. The number of benzene rings is 1. The first kappa shape index (κ1) is 10.3. The van der Waals surface area contributed by atoms with Crippen LogP contribution in [0.4, 0.5) is 0 Å². The minimum absolute atomic E-state index is 0.165. The fraction of sp³-hybridized carbons (Fsp3) is 0. The van der Waals surface area contributed by atoms with Crippen molar-refractivity contribution in [3.05, 3.63) is 57.8 Å². The highest BCUT2D eigenvalue weighted by Gasteiger charge is 2.06. The van der Waals surface area contributed by atoms with Crippen molar-refractivity contribution < 1.29 is 0 Å². The average Bonchev–Trinajstić information content (AvgIpc) is 2.74. The van der Waals surface area contributed by atoms with Gasteiger partial charge in [0.15, 0.2) is 0 Å². The predicted molar refractivity (Wildman–Crippen MR) is 69.4 cm³/mol. The summed E-state index contributed by atoms with van der Waals surface area (Å²) in [7, 11) is 0. The second kappa shape index (κ2) is 3.85. The Labute approximate surface area is 105 Å². The fourth-order valence-electron chi connectivity index (χ4n) is 1.82. The van der Waals surface area contributed by atoms with Gasteiger partial charge in [-0.2, -0.15) is 0 Å². The van der Waals surface area contributed by atoms with Crippen molar-refractivity contribution in [3.63, 3.8) is 0 Å². The Balaban J connectivity index is 2.38. The number of aromatic amines is 1. The van der Waals surface area contributed by atoms with Crippen LogP contribution in [0.2, 0.25) is 0 Å². The van der Waals surface area contributed by atoms with E-state index in [1.165, 1.54) is 0 Å². The van der Waals surface area contributed by atoms with Crippen LogP contribution in [0.1, 0.15) is 0 Å². The maximum absolute atomic E-state index is 11.6. The first-order valence-electron chi connectivity index (χ1n) is 5.06. The number of para-hydroxylation sites is 1. The molecule has 2 aromatic heterocycles. The number of imidazole rings is 1. The van der Waals surface area contributed by atoms with Crippen molar-refractivity contribution in [2.45, 2.75) is 0 Å². The fourth-order valence-corrected chi connectivity index (χ4v) is 2.17. The number of hydrogen-bond donors (Lipinski definition) is 1. The largest absolute Gasteiger partial charge is 0.330 e. The summed E-state index contributed by atoms with van der Waals surface area (Å²) in [4.78, 5) is 18.6. The lowest BCUT2D eigenvalue weighted by Crippen LogP contribution is -2.14. The highest BCUT2D eigenvalue weighted by Crippen LogP contribution is 2.22. The number of rotatable bonds is 1. The van der Waals surface area contributed by atoms with Crippen molar-refractivity contribution in [2.75, 3.05) is 0 Å². The minimum Gasteiger partial charge on any atom is -0.312 e. The van der Waals surface area contributed by atoms with Crippen LogP contribution in [0.3, 0.4) is 0 Å². The summed E-state index contributed by atoms with van der Waals surface area (Å²) >= 11 is 3.38. The van der Waals surface area contributed by atoms with Crippen LogP contribution in [-0.4, -0.2) is 14.5 Å². The number of H-pyrrole nitrogens is 1. The van der Waals surface area contributed by atoms with Crippen LogP contribution in [0.25, 0.3) is 16.6 Å². The van der Waals surface area contributed by atoms with Crippen LogP contribution in [-0.2, 0) is 0 Å². The van der Waals surface area contributed by atoms with Gasteiger partial charge in [0.05, 0.1) is 11.2 Å². The zero-order valence-electron chi connectivity index (χ0n) is 8.72. The molecule has 0 amide bonds. The SMILES string of the molecule is O=c1[nH]ccn1-c1cccc2cc(Br)cnc12. The normalized spacial score (nSPS) is 10.9. The molecule has 0 aliphatic carbocycles. The molecule has 84 valence electrons. The van der Waals surface area contributed by atoms with E-state index < -0.39 is 0 Å². The Hall–Kier alpha value is -1.88. The highest BCUT2D eigenvalue weighted by atomic mass is 79.9. The molecule has 2 heterocycles. The summed E-state index contributed by atoms with van der Waals surface area (Å²) in [6, 6.07) is 7.72. The maximum Gasteiger partial charge on any atom is 0.330 e. The average molecular weight is 290 g/mol. The molecule has 5 heteroatoms. The van der Waals surface area contributed by atoms with E-state index in [0.29, 0.717) is 0 Å². The highest BCUT2D eigenvalue weighted by molar-refractivity contribution is 9.10. The van der Waals surface area contributed by atoms with Gasteiger partial charge in [0.1, 0.15) is 0 Å². The Morgan fingerprint density at radius 2 is 2.24 bits per heavy atom. The third kappa shape index (κ3) is 1.68. The van der Waals surface area contributed by atoms with E-state index >= 15 is 0 Å². The van der Waals surface area contributed by atoms with E-state index in [2.05, 4.69) is 25.9 Å². The second-order valence-corrected chi connectivity index (χ2v) is 4.55. The zero-order valence-corrected chi connectivity index (χ0v) is 10.3. The number of fused-ring (bicyclic) bond motifs is 1. The number of nitrogens with zero attached hydrogens (tertiary/aromatic N) is 2. The van der Waals surface area contributed by atoms with Crippen LogP contribution < -0.4 is 5.69 Å². The van der Waals surface area contributed by atoms with E-state index in [1.54, 1.807) is 23.2 Å². The third-order valence-electron chi connectivity index (χ3n) is 2.57. The van der Waals surface area contributed by atoms with Gasteiger partial charge in [-0.15, -0.1) is 0 Å². The molecular formula is C12H8BrN3O. The molecule has 0 bridgehead atoms. The standard InChI is InChI=1S/C12H8BrN3O/c13-9-6-8-2-1-3-10(11(8)15-7-9)16-5-4-14-12(16)17/h1-7H,(H,14,17). The van der Waals surface area contributed by atoms with Gasteiger partial charge in [-0.1, -0.05) is 12.1 Å². The summed E-state index contributed by atoms with van der Waals surface area (Å²) in [6.45, 7) is 0. The van der Waals surface area contributed by atoms with Gasteiger partial charge < -0.3 is 4.98 Å². The quantitative estimate of drug-likeness (QED) is 0.748. The van der Waals surface area contributed by atoms with Crippen molar-refractivity contribution in [3.8, 4) is 5.69 Å². The van der Waals surface area contributed by atoms with Crippen LogP contribution >= 0.6 is 15.9 Å². The molecule has 3 aromatic rings. The summed E-state index contributed by atoms with van der Waals surface area (Å²) < 4.78 is 2.46. The predicted octanol–water partition coefficient (Wildman–Crippen LogP) is 2.48. The molecule has 17 heavy (non-hydrogen) atoms. The van der Waals surface area contributed by atoms with E-state index in [-0.39, 0.29) is 5.69 Å². The van der Waals surface area contributed by atoms with E-state index in [4.69, 9.17) is 0 Å². The smallest absolute Gasteiger partial charge is 0.312 e. The molecule has 4 nitrogen and oxygen atoms in total. The lowest BCUT2D eigenvalue weighted by atomic mass is 10.2. The molecule has 3 rings (SSSR count). The van der Waals surface area contributed by atoms with Gasteiger partial charge in [-0.25, -0.2) is 4.79 Å². The van der Waals surface area contributed by atoms with Crippen molar-refractivity contribution in [1.82, 2.24) is 14.5 Å². The number of halogens is 1. The van der Waals surface area contributed by atoms with Crippen LogP contribution in [0, 0.1) is 0 Å². The third-order valence-corrected chi connectivity index (χ3v) is 3.00. The molecule has 0 saturated carbocycles. The van der Waals surface area contributed by atoms with Gasteiger partial charge in [0.25, 0.3) is 0 Å². The molecule has 0 spiro atoms. The first-order valence-corrected chi connectivity index (χ1v) is 5.86. The molecule has 0 aliphatic heterocycles. The lowest BCUT2D eigenvalue weighted by Gasteiger charge is -2.05. The van der Waals surface area contributed by atoms with Crippen molar-refractivity contribution >= 4 is 26.8 Å². The number of aromatic nitrogens is 3. The lowest BCUT2D eigenvalue weighted by molar-refractivity contribution is 0.992. The van der Waals surface area contributed by atoms with E-state index in [1.807, 2.05) is 24.3 Å². The Morgan fingerprint density at radius 3 is 3.00 bits per heavy atom. The van der Waals surface area contributed by atoms with Gasteiger partial charge in [0, 0.05) is 28.4 Å². The Morgan fingerprint density at radius 1 is 1.35 bits per heavy atom. The number of hydrogen-bond acceptors (Lipinski definition) is 2. The summed E-state index contributed by atoms with van der Waals surface area (Å²) in [6.07, 6.45) is 5.03. The molecule has 0 unspecified atom stereocenters. The molecule has 0 aliphatic rings. The Kier molecular flexibility index (Phi) is 2.33. The second-order valence-electron chi connectivity index (χ2n) is 3.64. The van der Waals surface area contributed by atoms with Gasteiger partial charge in [0.2, 0.25) is 0 Å². The van der Waals surface area contributed by atoms with Crippen molar-refractivity contribution in [2.24, 2.45) is 0 Å². The number of pyridine rings is 1. The maximum atomic E-state index is 11.6. The minimum atomic E-state index is -0.165. The van der Waals surface area contributed by atoms with Gasteiger partial charge >= 0.3 is 5.69 Å². The summed E-state index contributed by atoms with van der Waals surface area (Å²) in [5.74, 6) is 0. The molecule has 1 N–H and O–H groups in total. The van der Waals surface area contributed by atoms with E-state index in [0.717, 1.165) is 21.1 Å². The van der Waals surface area contributed by atoms with Crippen LogP contribution in [0.5, 0.6) is 0 Å². The van der Waals surface area contributed by atoms with E-state index in [9.17, 15) is 4.79 Å². The van der Waals surface area contributed by atoms with Gasteiger partial charge in [-0.3, -0.25) is 9.55 Å². The molecule has 0 atom stereocenters. The first-order chi connectivity index (χ1) is 8.25. The molecule has 0 saturated heterocycles. The molecule has 0 fully saturated rings. The Bertz CT molecular complexity index is 745. The summed E-state index contributed by atoms with van der Waals surface area (Å²) in [5.41, 5.74) is 1.42. The zero-order chi connectivity index (χ0) is 11.8. The van der Waals surface area contributed by atoms with Gasteiger partial charge in [-0.05, 0) is 28.1 Å². The molecule has 0 radical (unpaired) electrons. The summed E-state index contributed by atoms with van der Waals surface area (Å²) in [5, 5.41) is 0.991. The topological polar surface area (TPSA) is 50.7 Å².